The normalized spacial score (nSPS) is 10.9. The maximum absolute atomic E-state index is 12.9. The van der Waals surface area contributed by atoms with Crippen LogP contribution in [0, 0.1) is 0 Å². The SMILES string of the molecule is CCc1ccc(-c2cc3c(=O)n(CC(=O)NCc4cccc(OC)c4OC)ncn3n2)cc1. The summed E-state index contributed by atoms with van der Waals surface area (Å²) < 4.78 is 13.2. The second-order valence-electron chi connectivity index (χ2n) is 7.43. The van der Waals surface area contributed by atoms with Gasteiger partial charge in [0.1, 0.15) is 18.4 Å². The molecule has 2 heterocycles. The van der Waals surface area contributed by atoms with E-state index in [1.807, 2.05) is 36.4 Å². The fourth-order valence-electron chi connectivity index (χ4n) is 3.58. The molecule has 2 aromatic carbocycles. The molecule has 9 nitrogen and oxygen atoms in total. The van der Waals surface area contributed by atoms with Crippen LogP contribution in [0.5, 0.6) is 11.5 Å². The van der Waals surface area contributed by atoms with Gasteiger partial charge in [0.15, 0.2) is 11.5 Å². The van der Waals surface area contributed by atoms with Crippen LogP contribution in [0.15, 0.2) is 59.7 Å². The molecule has 0 spiro atoms. The van der Waals surface area contributed by atoms with Gasteiger partial charge in [-0.3, -0.25) is 9.59 Å². The molecule has 0 fully saturated rings. The molecule has 170 valence electrons. The summed E-state index contributed by atoms with van der Waals surface area (Å²) >= 11 is 0. The highest BCUT2D eigenvalue weighted by molar-refractivity contribution is 5.76. The van der Waals surface area contributed by atoms with Crippen molar-refractivity contribution in [1.29, 1.82) is 0 Å². The van der Waals surface area contributed by atoms with Crippen molar-refractivity contribution in [3.05, 3.63) is 76.3 Å². The Labute approximate surface area is 190 Å². The zero-order valence-electron chi connectivity index (χ0n) is 18.7. The lowest BCUT2D eigenvalue weighted by Crippen LogP contribution is -2.34. The van der Waals surface area contributed by atoms with Gasteiger partial charge >= 0.3 is 0 Å². The molecule has 1 amide bonds. The number of amides is 1. The molecule has 0 unspecified atom stereocenters. The van der Waals surface area contributed by atoms with E-state index in [-0.39, 0.29) is 19.0 Å². The van der Waals surface area contributed by atoms with E-state index >= 15 is 0 Å². The first-order chi connectivity index (χ1) is 16.0. The summed E-state index contributed by atoms with van der Waals surface area (Å²) in [6, 6.07) is 15.2. The van der Waals surface area contributed by atoms with Crippen LogP contribution < -0.4 is 20.3 Å². The molecule has 0 radical (unpaired) electrons. The third-order valence-electron chi connectivity index (χ3n) is 5.40. The average Bonchev–Trinajstić information content (AvgIpc) is 3.29. The van der Waals surface area contributed by atoms with Gasteiger partial charge in [-0.15, -0.1) is 0 Å². The molecule has 0 atom stereocenters. The molecule has 0 aliphatic heterocycles. The average molecular weight is 447 g/mol. The van der Waals surface area contributed by atoms with E-state index < -0.39 is 5.56 Å². The second-order valence-corrected chi connectivity index (χ2v) is 7.43. The van der Waals surface area contributed by atoms with Gasteiger partial charge in [-0.05, 0) is 24.1 Å². The number of hydrogen-bond donors (Lipinski definition) is 1. The molecule has 4 rings (SSSR count). The van der Waals surface area contributed by atoms with Gasteiger partial charge in [-0.1, -0.05) is 43.3 Å². The lowest BCUT2D eigenvalue weighted by Gasteiger charge is -2.13. The number of carbonyl (C=O) groups excluding carboxylic acids is 1. The third-order valence-corrected chi connectivity index (χ3v) is 5.40. The maximum atomic E-state index is 12.9. The van der Waals surface area contributed by atoms with Gasteiger partial charge in [0.2, 0.25) is 5.91 Å². The van der Waals surface area contributed by atoms with E-state index in [4.69, 9.17) is 9.47 Å². The van der Waals surface area contributed by atoms with Crippen molar-refractivity contribution in [2.45, 2.75) is 26.4 Å². The van der Waals surface area contributed by atoms with Crippen molar-refractivity contribution < 1.29 is 14.3 Å². The Kier molecular flexibility index (Phi) is 6.39. The predicted octanol–water partition coefficient (Wildman–Crippen LogP) is 2.45. The van der Waals surface area contributed by atoms with Crippen LogP contribution in [0.3, 0.4) is 0 Å². The Morgan fingerprint density at radius 1 is 1.09 bits per heavy atom. The lowest BCUT2D eigenvalue weighted by molar-refractivity contribution is -0.122. The highest BCUT2D eigenvalue weighted by Gasteiger charge is 2.14. The molecule has 33 heavy (non-hydrogen) atoms. The van der Waals surface area contributed by atoms with Gasteiger partial charge in [0.05, 0.1) is 19.9 Å². The Morgan fingerprint density at radius 3 is 2.58 bits per heavy atom. The number of methoxy groups -OCH3 is 2. The Bertz CT molecular complexity index is 1340. The Hall–Kier alpha value is -4.14. The maximum Gasteiger partial charge on any atom is 0.293 e. The summed E-state index contributed by atoms with van der Waals surface area (Å²) in [6.45, 7) is 2.10. The highest BCUT2D eigenvalue weighted by atomic mass is 16.5. The fourth-order valence-corrected chi connectivity index (χ4v) is 3.58. The van der Waals surface area contributed by atoms with Crippen molar-refractivity contribution in [1.82, 2.24) is 24.7 Å². The zero-order valence-corrected chi connectivity index (χ0v) is 18.7. The molecule has 9 heteroatoms. The molecular formula is C24H25N5O4. The summed E-state index contributed by atoms with van der Waals surface area (Å²) in [5.74, 6) is 0.776. The molecule has 0 aliphatic rings. The van der Waals surface area contributed by atoms with Crippen LogP contribution in [-0.2, 0) is 24.3 Å². The van der Waals surface area contributed by atoms with Crippen LogP contribution >= 0.6 is 0 Å². The summed E-state index contributed by atoms with van der Waals surface area (Å²) in [7, 11) is 3.09. The van der Waals surface area contributed by atoms with Gasteiger partial charge in [0, 0.05) is 17.7 Å². The van der Waals surface area contributed by atoms with Gasteiger partial charge in [0.25, 0.3) is 5.56 Å². The number of nitrogens with zero attached hydrogens (tertiary/aromatic N) is 4. The monoisotopic (exact) mass is 447 g/mol. The number of hydrogen-bond acceptors (Lipinski definition) is 6. The van der Waals surface area contributed by atoms with E-state index in [0.717, 1.165) is 22.2 Å². The minimum Gasteiger partial charge on any atom is -0.493 e. The summed E-state index contributed by atoms with van der Waals surface area (Å²) in [4.78, 5) is 25.4. The van der Waals surface area contributed by atoms with Crippen molar-refractivity contribution >= 4 is 11.4 Å². The van der Waals surface area contributed by atoms with Crippen LogP contribution in [0.1, 0.15) is 18.1 Å². The second kappa shape index (κ2) is 9.56. The Morgan fingerprint density at radius 2 is 1.88 bits per heavy atom. The van der Waals surface area contributed by atoms with Crippen molar-refractivity contribution in [3.63, 3.8) is 0 Å². The first-order valence-corrected chi connectivity index (χ1v) is 10.6. The summed E-state index contributed by atoms with van der Waals surface area (Å²) in [5, 5.41) is 11.3. The highest BCUT2D eigenvalue weighted by Crippen LogP contribution is 2.30. The first kappa shape index (κ1) is 22.1. The standard InChI is InChI=1S/C24H25N5O4/c1-4-16-8-10-17(11-9-16)19-12-20-24(31)28(26-15-29(20)27-19)14-22(30)25-13-18-6-5-7-21(32-2)23(18)33-3/h5-12,15H,4,13-14H2,1-3H3,(H,25,30). The molecule has 4 aromatic rings. The van der Waals surface area contributed by atoms with Crippen LogP contribution in [0.4, 0.5) is 0 Å². The number of ether oxygens (including phenoxy) is 2. The molecule has 0 saturated heterocycles. The van der Waals surface area contributed by atoms with Gasteiger partial charge in [-0.25, -0.2) is 9.20 Å². The van der Waals surface area contributed by atoms with Crippen molar-refractivity contribution in [3.8, 4) is 22.8 Å². The molecular weight excluding hydrogens is 422 g/mol. The quantitative estimate of drug-likeness (QED) is 0.445. The van der Waals surface area contributed by atoms with E-state index in [1.54, 1.807) is 26.4 Å². The van der Waals surface area contributed by atoms with Gasteiger partial charge < -0.3 is 14.8 Å². The van der Waals surface area contributed by atoms with E-state index in [9.17, 15) is 9.59 Å². The molecule has 0 bridgehead atoms. The summed E-state index contributed by atoms with van der Waals surface area (Å²) in [6.07, 6.45) is 2.38. The molecule has 1 N–H and O–H groups in total. The van der Waals surface area contributed by atoms with Crippen LogP contribution in [0.2, 0.25) is 0 Å². The number of rotatable bonds is 8. The van der Waals surface area contributed by atoms with Crippen LogP contribution in [-0.4, -0.2) is 39.5 Å². The van der Waals surface area contributed by atoms with Crippen LogP contribution in [0.25, 0.3) is 16.8 Å². The molecule has 2 aromatic heterocycles. The lowest BCUT2D eigenvalue weighted by atomic mass is 10.1. The number of aromatic nitrogens is 4. The number of para-hydroxylation sites is 1. The van der Waals surface area contributed by atoms with E-state index in [0.29, 0.717) is 22.7 Å². The number of benzene rings is 2. The summed E-state index contributed by atoms with van der Waals surface area (Å²) in [5.41, 5.74) is 3.52. The third kappa shape index (κ3) is 4.57. The number of nitrogens with one attached hydrogen (secondary N) is 1. The smallest absolute Gasteiger partial charge is 0.293 e. The Balaban J connectivity index is 1.50. The topological polar surface area (TPSA) is 99.8 Å². The zero-order chi connectivity index (χ0) is 23.4. The number of aryl methyl sites for hydroxylation is 1. The number of carbonyl (C=O) groups is 1. The minimum absolute atomic E-state index is 0.215. The van der Waals surface area contributed by atoms with E-state index in [1.165, 1.54) is 16.4 Å². The fraction of sp³-hybridized carbons (Fsp3) is 0.250. The minimum atomic E-state index is -0.393. The predicted molar refractivity (Wildman–Crippen MR) is 123 cm³/mol. The van der Waals surface area contributed by atoms with E-state index in [2.05, 4.69) is 22.4 Å². The number of fused-ring (bicyclic) bond motifs is 1. The largest absolute Gasteiger partial charge is 0.493 e. The van der Waals surface area contributed by atoms with Crippen molar-refractivity contribution in [2.24, 2.45) is 0 Å². The molecule has 0 saturated carbocycles. The van der Waals surface area contributed by atoms with Crippen molar-refractivity contribution in [2.75, 3.05) is 14.2 Å². The molecule has 0 aliphatic carbocycles. The first-order valence-electron chi connectivity index (χ1n) is 10.6. The van der Waals surface area contributed by atoms with Gasteiger partial charge in [-0.2, -0.15) is 10.2 Å².